The second-order valence-corrected chi connectivity index (χ2v) is 4.72. The molecule has 1 atom stereocenters. The minimum absolute atomic E-state index is 0.341. The summed E-state index contributed by atoms with van der Waals surface area (Å²) in [7, 11) is 3.57. The highest BCUT2D eigenvalue weighted by atomic mass is 19.1. The number of nitrogens with two attached hydrogens (primary N) is 2. The first-order chi connectivity index (χ1) is 9.00. The predicted molar refractivity (Wildman–Crippen MR) is 77.6 cm³/mol. The van der Waals surface area contributed by atoms with Gasteiger partial charge in [-0.1, -0.05) is 30.3 Å². The number of benzene rings is 2. The second-order valence-electron chi connectivity index (χ2n) is 4.72. The van der Waals surface area contributed by atoms with Crippen LogP contribution < -0.4 is 16.4 Å². The van der Waals surface area contributed by atoms with Crippen molar-refractivity contribution in [1.29, 1.82) is 0 Å². The van der Waals surface area contributed by atoms with Crippen LogP contribution in [0.3, 0.4) is 0 Å². The number of nitrogens with zero attached hydrogens (tertiary/aromatic N) is 1. The van der Waals surface area contributed by atoms with E-state index < -0.39 is 0 Å². The Morgan fingerprint density at radius 2 is 1.74 bits per heavy atom. The summed E-state index contributed by atoms with van der Waals surface area (Å²) in [4.78, 5) is 1.70. The van der Waals surface area contributed by atoms with Gasteiger partial charge in [-0.15, -0.1) is 0 Å². The van der Waals surface area contributed by atoms with Gasteiger partial charge in [0.1, 0.15) is 5.82 Å². The van der Waals surface area contributed by atoms with Crippen LogP contribution in [0.4, 0.5) is 15.8 Å². The lowest BCUT2D eigenvalue weighted by Crippen LogP contribution is -2.17. The van der Waals surface area contributed by atoms with Crippen LogP contribution in [0.1, 0.15) is 17.2 Å². The van der Waals surface area contributed by atoms with Crippen LogP contribution in [0.25, 0.3) is 0 Å². The van der Waals surface area contributed by atoms with Gasteiger partial charge in [0, 0.05) is 19.8 Å². The normalized spacial score (nSPS) is 12.2. The summed E-state index contributed by atoms with van der Waals surface area (Å²) in [6.45, 7) is 0. The van der Waals surface area contributed by atoms with E-state index in [9.17, 15) is 4.39 Å². The van der Waals surface area contributed by atoms with Gasteiger partial charge in [-0.05, 0) is 23.3 Å². The van der Waals surface area contributed by atoms with Gasteiger partial charge in [-0.25, -0.2) is 4.39 Å². The van der Waals surface area contributed by atoms with Gasteiger partial charge in [0.15, 0.2) is 0 Å². The first-order valence-electron chi connectivity index (χ1n) is 6.07. The Morgan fingerprint density at radius 1 is 1.11 bits per heavy atom. The molecule has 0 aromatic heterocycles. The molecule has 0 fully saturated rings. The van der Waals surface area contributed by atoms with E-state index in [0.717, 1.165) is 11.1 Å². The maximum absolute atomic E-state index is 13.8. The van der Waals surface area contributed by atoms with E-state index in [-0.39, 0.29) is 11.9 Å². The molecule has 0 saturated heterocycles. The zero-order chi connectivity index (χ0) is 14.0. The fourth-order valence-electron chi connectivity index (χ4n) is 2.05. The zero-order valence-corrected chi connectivity index (χ0v) is 11.1. The molecule has 3 nitrogen and oxygen atoms in total. The topological polar surface area (TPSA) is 55.3 Å². The van der Waals surface area contributed by atoms with E-state index >= 15 is 0 Å². The number of hydrogen-bond acceptors (Lipinski definition) is 3. The molecule has 1 unspecified atom stereocenters. The molecular weight excluding hydrogens is 241 g/mol. The van der Waals surface area contributed by atoms with Gasteiger partial charge in [0.05, 0.1) is 11.7 Å². The molecule has 0 saturated carbocycles. The quantitative estimate of drug-likeness (QED) is 0.833. The number of hydrogen-bond donors (Lipinski definition) is 2. The van der Waals surface area contributed by atoms with E-state index in [1.807, 2.05) is 30.3 Å². The Morgan fingerprint density at radius 3 is 2.32 bits per heavy atom. The molecule has 0 heterocycles. The number of halogens is 1. The lowest BCUT2D eigenvalue weighted by atomic mass is 9.97. The van der Waals surface area contributed by atoms with Crippen molar-refractivity contribution in [3.63, 3.8) is 0 Å². The summed E-state index contributed by atoms with van der Waals surface area (Å²) >= 11 is 0. The van der Waals surface area contributed by atoms with Crippen molar-refractivity contribution in [3.8, 4) is 0 Å². The summed E-state index contributed by atoms with van der Waals surface area (Å²) in [6.07, 6.45) is 0. The SMILES string of the molecule is CN(C)c1cc(C(N)c2ccccc2)c(N)cc1F. The molecule has 4 heteroatoms. The zero-order valence-electron chi connectivity index (χ0n) is 11.1. The Kier molecular flexibility index (Phi) is 3.71. The van der Waals surface area contributed by atoms with Crippen LogP contribution in [0.15, 0.2) is 42.5 Å². The smallest absolute Gasteiger partial charge is 0.148 e. The predicted octanol–water partition coefficient (Wildman–Crippen LogP) is 2.52. The van der Waals surface area contributed by atoms with Crippen molar-refractivity contribution in [2.24, 2.45) is 5.73 Å². The maximum atomic E-state index is 13.8. The van der Waals surface area contributed by atoms with E-state index in [2.05, 4.69) is 0 Å². The standard InChI is InChI=1S/C15H18FN3/c1-19(2)14-8-11(13(17)9-12(14)16)15(18)10-6-4-3-5-7-10/h3-9,15H,17-18H2,1-2H3. The number of nitrogen functional groups attached to an aromatic ring is 1. The Bertz CT molecular complexity index is 567. The number of anilines is 2. The molecule has 0 bridgehead atoms. The Labute approximate surface area is 112 Å². The van der Waals surface area contributed by atoms with Crippen LogP contribution in [0.2, 0.25) is 0 Å². The van der Waals surface area contributed by atoms with Crippen molar-refractivity contribution >= 4 is 11.4 Å². The van der Waals surface area contributed by atoms with Gasteiger partial charge < -0.3 is 16.4 Å². The largest absolute Gasteiger partial charge is 0.398 e. The molecule has 2 aromatic carbocycles. The second kappa shape index (κ2) is 5.28. The molecule has 4 N–H and O–H groups in total. The highest BCUT2D eigenvalue weighted by Crippen LogP contribution is 2.30. The van der Waals surface area contributed by atoms with Gasteiger partial charge in [0.2, 0.25) is 0 Å². The third-order valence-corrected chi connectivity index (χ3v) is 3.13. The molecule has 0 aliphatic carbocycles. The van der Waals surface area contributed by atoms with Gasteiger partial charge in [-0.3, -0.25) is 0 Å². The number of rotatable bonds is 3. The lowest BCUT2D eigenvalue weighted by molar-refractivity contribution is 0.625. The first-order valence-corrected chi connectivity index (χ1v) is 6.07. The van der Waals surface area contributed by atoms with E-state index in [0.29, 0.717) is 11.4 Å². The Hall–Kier alpha value is -2.07. The first kappa shape index (κ1) is 13.4. The van der Waals surface area contributed by atoms with Gasteiger partial charge >= 0.3 is 0 Å². The van der Waals surface area contributed by atoms with E-state index in [4.69, 9.17) is 11.5 Å². The van der Waals surface area contributed by atoms with Crippen molar-refractivity contribution in [1.82, 2.24) is 0 Å². The molecule has 2 aromatic rings. The highest BCUT2D eigenvalue weighted by molar-refractivity contribution is 5.61. The van der Waals surface area contributed by atoms with E-state index in [1.165, 1.54) is 6.07 Å². The molecule has 2 rings (SSSR count). The fraction of sp³-hybridized carbons (Fsp3) is 0.200. The van der Waals surface area contributed by atoms with E-state index in [1.54, 1.807) is 25.1 Å². The average Bonchev–Trinajstić information content (AvgIpc) is 2.38. The van der Waals surface area contributed by atoms with Gasteiger partial charge in [-0.2, -0.15) is 0 Å². The minimum Gasteiger partial charge on any atom is -0.398 e. The fourth-order valence-corrected chi connectivity index (χ4v) is 2.05. The molecule has 0 amide bonds. The van der Waals surface area contributed by atoms with Crippen molar-refractivity contribution < 1.29 is 4.39 Å². The third kappa shape index (κ3) is 2.69. The summed E-state index contributed by atoms with van der Waals surface area (Å²) in [5.41, 5.74) is 14.6. The van der Waals surface area contributed by atoms with Crippen LogP contribution in [0, 0.1) is 5.82 Å². The van der Waals surface area contributed by atoms with Crippen molar-refractivity contribution in [2.75, 3.05) is 24.7 Å². The summed E-state index contributed by atoms with van der Waals surface area (Å²) < 4.78 is 13.8. The molecular formula is C15H18FN3. The third-order valence-electron chi connectivity index (χ3n) is 3.13. The highest BCUT2D eigenvalue weighted by Gasteiger charge is 2.16. The van der Waals surface area contributed by atoms with Crippen LogP contribution >= 0.6 is 0 Å². The Balaban J connectivity index is 2.47. The average molecular weight is 259 g/mol. The summed E-state index contributed by atoms with van der Waals surface area (Å²) in [5, 5.41) is 0. The molecule has 0 radical (unpaired) electrons. The van der Waals surface area contributed by atoms with Crippen molar-refractivity contribution in [2.45, 2.75) is 6.04 Å². The lowest BCUT2D eigenvalue weighted by Gasteiger charge is -2.20. The molecule has 0 aliphatic heterocycles. The summed E-state index contributed by atoms with van der Waals surface area (Å²) in [6, 6.07) is 12.3. The minimum atomic E-state index is -0.361. The maximum Gasteiger partial charge on any atom is 0.148 e. The molecule has 100 valence electrons. The van der Waals surface area contributed by atoms with Crippen molar-refractivity contribution in [3.05, 3.63) is 59.4 Å². The molecule has 0 aliphatic rings. The van der Waals surface area contributed by atoms with Crippen LogP contribution in [0.5, 0.6) is 0 Å². The summed E-state index contributed by atoms with van der Waals surface area (Å²) in [5.74, 6) is -0.341. The van der Waals surface area contributed by atoms with Crippen LogP contribution in [-0.4, -0.2) is 14.1 Å². The molecule has 19 heavy (non-hydrogen) atoms. The molecule has 0 spiro atoms. The van der Waals surface area contributed by atoms with Crippen LogP contribution in [-0.2, 0) is 0 Å². The van der Waals surface area contributed by atoms with Gasteiger partial charge in [0.25, 0.3) is 0 Å². The monoisotopic (exact) mass is 259 g/mol.